The zero-order valence-corrected chi connectivity index (χ0v) is 13.4. The van der Waals surface area contributed by atoms with Gasteiger partial charge in [-0.1, -0.05) is 0 Å². The quantitative estimate of drug-likeness (QED) is 0.723. The highest BCUT2D eigenvalue weighted by atomic mass is 79.9. The first kappa shape index (κ1) is 14.6. The van der Waals surface area contributed by atoms with Crippen LogP contribution in [0.4, 0.5) is 10.1 Å². The van der Waals surface area contributed by atoms with Gasteiger partial charge in [0.25, 0.3) is 0 Å². The molecular formula is C15H13BrFN5. The van der Waals surface area contributed by atoms with Crippen molar-refractivity contribution in [3.05, 3.63) is 58.8 Å². The molecule has 0 spiro atoms. The summed E-state index contributed by atoms with van der Waals surface area (Å²) < 4.78 is 15.9. The number of hydrogen-bond acceptors (Lipinski definition) is 4. The largest absolute Gasteiger partial charge is 0.381 e. The van der Waals surface area contributed by atoms with Gasteiger partial charge in [0.05, 0.1) is 6.20 Å². The Balaban J connectivity index is 1.70. The van der Waals surface area contributed by atoms with Crippen molar-refractivity contribution >= 4 is 21.6 Å². The molecule has 0 aliphatic rings. The van der Waals surface area contributed by atoms with Gasteiger partial charge in [-0.15, -0.1) is 0 Å². The Morgan fingerprint density at radius 3 is 2.68 bits per heavy atom. The fourth-order valence-electron chi connectivity index (χ4n) is 1.99. The van der Waals surface area contributed by atoms with Gasteiger partial charge in [-0.2, -0.15) is 5.10 Å². The molecule has 0 radical (unpaired) electrons. The Morgan fingerprint density at radius 2 is 2.00 bits per heavy atom. The molecule has 0 saturated carbocycles. The Hall–Kier alpha value is -2.28. The molecule has 5 nitrogen and oxygen atoms in total. The molecule has 0 aliphatic heterocycles. The van der Waals surface area contributed by atoms with Crippen LogP contribution in [-0.4, -0.2) is 19.7 Å². The lowest BCUT2D eigenvalue weighted by Gasteiger charge is -2.08. The summed E-state index contributed by atoms with van der Waals surface area (Å²) in [5.41, 5.74) is 2.38. The molecule has 2 aromatic heterocycles. The Morgan fingerprint density at radius 1 is 1.23 bits per heavy atom. The summed E-state index contributed by atoms with van der Waals surface area (Å²) in [6, 6.07) is 9.35. The minimum absolute atomic E-state index is 0.329. The topological polar surface area (TPSA) is 55.6 Å². The lowest BCUT2D eigenvalue weighted by atomic mass is 10.2. The second-order valence-corrected chi connectivity index (χ2v) is 5.58. The third kappa shape index (κ3) is 3.30. The van der Waals surface area contributed by atoms with E-state index in [0.29, 0.717) is 22.5 Å². The molecule has 3 rings (SSSR count). The second kappa shape index (κ2) is 6.23. The maximum absolute atomic E-state index is 13.6. The fourth-order valence-corrected chi connectivity index (χ4v) is 2.37. The fraction of sp³-hybridized carbons (Fsp3) is 0.133. The van der Waals surface area contributed by atoms with E-state index in [1.165, 1.54) is 6.20 Å². The smallest absolute Gasteiger partial charge is 0.181 e. The average molecular weight is 362 g/mol. The summed E-state index contributed by atoms with van der Waals surface area (Å²) in [7, 11) is 1.83. The summed E-state index contributed by atoms with van der Waals surface area (Å²) in [5, 5.41) is 7.43. The average Bonchev–Trinajstić information content (AvgIpc) is 2.95. The number of halogens is 2. The summed E-state index contributed by atoms with van der Waals surface area (Å²) in [5.74, 6) is 0.350. The molecule has 2 heterocycles. The molecular weight excluding hydrogens is 349 g/mol. The number of hydrogen-bond donors (Lipinski definition) is 1. The zero-order chi connectivity index (χ0) is 15.5. The Kier molecular flexibility index (Phi) is 4.15. The predicted molar refractivity (Wildman–Crippen MR) is 85.7 cm³/mol. The zero-order valence-electron chi connectivity index (χ0n) is 11.8. The van der Waals surface area contributed by atoms with Gasteiger partial charge >= 0.3 is 0 Å². The van der Waals surface area contributed by atoms with Gasteiger partial charge in [0.15, 0.2) is 5.82 Å². The van der Waals surface area contributed by atoms with E-state index >= 15 is 0 Å². The Bertz CT molecular complexity index is 785. The number of rotatable bonds is 4. The molecule has 1 N–H and O–H groups in total. The summed E-state index contributed by atoms with van der Waals surface area (Å²) in [6.45, 7) is 0.383. The summed E-state index contributed by atoms with van der Waals surface area (Å²) >= 11 is 3.24. The molecule has 0 unspecified atom stereocenters. The van der Waals surface area contributed by atoms with E-state index in [9.17, 15) is 4.39 Å². The van der Waals surface area contributed by atoms with Crippen LogP contribution in [0.3, 0.4) is 0 Å². The normalized spacial score (nSPS) is 10.7. The van der Waals surface area contributed by atoms with Gasteiger partial charge in [0, 0.05) is 30.4 Å². The van der Waals surface area contributed by atoms with Crippen LogP contribution in [0.15, 0.2) is 47.5 Å². The van der Waals surface area contributed by atoms with Gasteiger partial charge in [-0.3, -0.25) is 4.68 Å². The van der Waals surface area contributed by atoms with Gasteiger partial charge in [0.2, 0.25) is 0 Å². The first-order valence-electron chi connectivity index (χ1n) is 6.62. The van der Waals surface area contributed by atoms with Crippen LogP contribution in [-0.2, 0) is 13.6 Å². The molecule has 0 saturated heterocycles. The van der Waals surface area contributed by atoms with Crippen molar-refractivity contribution in [2.75, 3.05) is 5.32 Å². The lowest BCUT2D eigenvalue weighted by Crippen LogP contribution is -2.02. The first-order valence-corrected chi connectivity index (χ1v) is 7.41. The van der Waals surface area contributed by atoms with Crippen molar-refractivity contribution < 1.29 is 4.39 Å². The standard InChI is InChI=1S/C15H13BrFN5/c1-22-9-20-15(21-22)10-2-4-12(5-3-10)18-7-11-6-14(16)19-8-13(11)17/h2-6,8-9,18H,7H2,1H3. The maximum atomic E-state index is 13.6. The third-order valence-electron chi connectivity index (χ3n) is 3.13. The summed E-state index contributed by atoms with van der Waals surface area (Å²) in [6.07, 6.45) is 2.86. The minimum atomic E-state index is -0.329. The van der Waals surface area contributed by atoms with Gasteiger partial charge < -0.3 is 5.32 Å². The van der Waals surface area contributed by atoms with E-state index in [4.69, 9.17) is 0 Å². The van der Waals surface area contributed by atoms with Crippen molar-refractivity contribution in [3.8, 4) is 11.4 Å². The molecule has 1 aromatic carbocycles. The highest BCUT2D eigenvalue weighted by Crippen LogP contribution is 2.19. The minimum Gasteiger partial charge on any atom is -0.381 e. The Labute approximate surface area is 135 Å². The number of pyridine rings is 1. The number of benzene rings is 1. The molecule has 0 amide bonds. The van der Waals surface area contributed by atoms with Gasteiger partial charge in [-0.05, 0) is 46.3 Å². The maximum Gasteiger partial charge on any atom is 0.181 e. The van der Waals surface area contributed by atoms with Crippen LogP contribution in [0.1, 0.15) is 5.56 Å². The van der Waals surface area contributed by atoms with E-state index in [1.54, 1.807) is 17.1 Å². The number of anilines is 1. The molecule has 3 aromatic rings. The van der Waals surface area contributed by atoms with Crippen molar-refractivity contribution in [2.24, 2.45) is 7.05 Å². The van der Waals surface area contributed by atoms with Crippen LogP contribution >= 0.6 is 15.9 Å². The van der Waals surface area contributed by atoms with Crippen molar-refractivity contribution in [1.82, 2.24) is 19.7 Å². The van der Waals surface area contributed by atoms with Gasteiger partial charge in [-0.25, -0.2) is 14.4 Å². The molecule has 7 heteroatoms. The van der Waals surface area contributed by atoms with E-state index in [1.807, 2.05) is 31.3 Å². The van der Waals surface area contributed by atoms with Crippen LogP contribution in [0, 0.1) is 5.82 Å². The number of nitrogens with zero attached hydrogens (tertiary/aromatic N) is 4. The van der Waals surface area contributed by atoms with E-state index in [-0.39, 0.29) is 5.82 Å². The van der Waals surface area contributed by atoms with E-state index in [2.05, 4.69) is 36.3 Å². The predicted octanol–water partition coefficient (Wildman–Crippen LogP) is 3.39. The lowest BCUT2D eigenvalue weighted by molar-refractivity contribution is 0.605. The van der Waals surface area contributed by atoms with Crippen molar-refractivity contribution in [3.63, 3.8) is 0 Å². The molecule has 112 valence electrons. The third-order valence-corrected chi connectivity index (χ3v) is 3.56. The number of aromatic nitrogens is 4. The summed E-state index contributed by atoms with van der Waals surface area (Å²) in [4.78, 5) is 8.04. The van der Waals surface area contributed by atoms with Crippen molar-refractivity contribution in [2.45, 2.75) is 6.54 Å². The SMILES string of the molecule is Cn1cnc(-c2ccc(NCc3cc(Br)ncc3F)cc2)n1. The highest BCUT2D eigenvalue weighted by molar-refractivity contribution is 9.10. The molecule has 0 aliphatic carbocycles. The van der Waals surface area contributed by atoms with Gasteiger partial charge in [0.1, 0.15) is 16.7 Å². The molecule has 0 atom stereocenters. The van der Waals surface area contributed by atoms with E-state index in [0.717, 1.165) is 11.3 Å². The first-order chi connectivity index (χ1) is 10.6. The van der Waals surface area contributed by atoms with Crippen LogP contribution in [0.2, 0.25) is 0 Å². The highest BCUT2D eigenvalue weighted by Gasteiger charge is 2.05. The number of aryl methyl sites for hydroxylation is 1. The van der Waals surface area contributed by atoms with Crippen LogP contribution < -0.4 is 5.32 Å². The van der Waals surface area contributed by atoms with Crippen LogP contribution in [0.5, 0.6) is 0 Å². The monoisotopic (exact) mass is 361 g/mol. The molecule has 0 fully saturated rings. The second-order valence-electron chi connectivity index (χ2n) is 4.77. The van der Waals surface area contributed by atoms with E-state index < -0.39 is 0 Å². The number of nitrogens with one attached hydrogen (secondary N) is 1. The molecule has 22 heavy (non-hydrogen) atoms. The van der Waals surface area contributed by atoms with Crippen LogP contribution in [0.25, 0.3) is 11.4 Å². The molecule has 0 bridgehead atoms. The van der Waals surface area contributed by atoms with Crippen molar-refractivity contribution in [1.29, 1.82) is 0 Å².